The fourth-order valence-electron chi connectivity index (χ4n) is 2.53. The maximum atomic E-state index is 9.11. The zero-order valence-electron chi connectivity index (χ0n) is 10.9. The molecule has 1 heterocycles. The van der Waals surface area contributed by atoms with Crippen molar-refractivity contribution >= 4 is 11.5 Å². The Morgan fingerprint density at radius 1 is 1.16 bits per heavy atom. The van der Waals surface area contributed by atoms with Gasteiger partial charge in [-0.05, 0) is 61.6 Å². The van der Waals surface area contributed by atoms with Crippen LogP contribution in [0.5, 0.6) is 0 Å². The molecule has 1 aliphatic carbocycles. The molecule has 0 bridgehead atoms. The minimum absolute atomic E-state index is 0.575. The summed E-state index contributed by atoms with van der Waals surface area (Å²) in [4.78, 5) is 4.40. The summed E-state index contributed by atoms with van der Waals surface area (Å²) in [5.41, 5.74) is 5.35. The minimum Gasteiger partial charge on any atom is -0.339 e. The Hall–Kier alpha value is -2.34. The molecule has 1 aliphatic rings. The largest absolute Gasteiger partial charge is 0.339 e. The summed E-state index contributed by atoms with van der Waals surface area (Å²) < 4.78 is 0. The van der Waals surface area contributed by atoms with Crippen LogP contribution < -0.4 is 5.32 Å². The van der Waals surface area contributed by atoms with E-state index in [-0.39, 0.29) is 0 Å². The summed E-state index contributed by atoms with van der Waals surface area (Å²) in [6, 6.07) is 12.2. The van der Waals surface area contributed by atoms with Gasteiger partial charge >= 0.3 is 0 Å². The highest BCUT2D eigenvalue weighted by Gasteiger charge is 2.11. The molecule has 0 fully saturated rings. The third-order valence-electron chi connectivity index (χ3n) is 3.52. The van der Waals surface area contributed by atoms with Crippen LogP contribution in [0.2, 0.25) is 0 Å². The smallest absolute Gasteiger partial charge is 0.148 e. The molecule has 1 N–H and O–H groups in total. The number of aromatic nitrogens is 1. The molecule has 0 amide bonds. The minimum atomic E-state index is 0.575. The number of anilines is 2. The quantitative estimate of drug-likeness (QED) is 0.886. The maximum absolute atomic E-state index is 9.11. The highest BCUT2D eigenvalue weighted by molar-refractivity contribution is 5.64. The summed E-state index contributed by atoms with van der Waals surface area (Å²) in [6.07, 6.45) is 3.57. The number of hydrogen-bond acceptors (Lipinski definition) is 3. The summed E-state index contributed by atoms with van der Waals surface area (Å²) in [7, 11) is 0. The number of fused-ring (bicyclic) bond motifs is 1. The van der Waals surface area contributed by atoms with Gasteiger partial charge in [0.1, 0.15) is 11.9 Å². The second kappa shape index (κ2) is 4.74. The molecular weight excluding hydrogens is 234 g/mol. The molecule has 1 aromatic carbocycles. The van der Waals surface area contributed by atoms with Crippen LogP contribution in [0.1, 0.15) is 28.8 Å². The summed E-state index contributed by atoms with van der Waals surface area (Å²) in [6.45, 7) is 1.93. The van der Waals surface area contributed by atoms with Gasteiger partial charge in [-0.15, -0.1) is 0 Å². The number of nitrogens with zero attached hydrogens (tertiary/aromatic N) is 2. The molecule has 94 valence electrons. The van der Waals surface area contributed by atoms with E-state index in [1.807, 2.05) is 13.0 Å². The van der Waals surface area contributed by atoms with Crippen LogP contribution in [-0.4, -0.2) is 4.98 Å². The molecular formula is C16H15N3. The molecule has 0 spiro atoms. The zero-order valence-corrected chi connectivity index (χ0v) is 10.9. The molecule has 0 atom stereocenters. The fraction of sp³-hybridized carbons (Fsp3) is 0.250. The first-order valence-electron chi connectivity index (χ1n) is 6.53. The van der Waals surface area contributed by atoms with Crippen molar-refractivity contribution in [1.82, 2.24) is 4.98 Å². The summed E-state index contributed by atoms with van der Waals surface area (Å²) in [5.74, 6) is 0.639. The Bertz CT molecular complexity index is 668. The first-order valence-corrected chi connectivity index (χ1v) is 6.53. The molecule has 0 aliphatic heterocycles. The number of rotatable bonds is 2. The Kier molecular flexibility index (Phi) is 2.92. The van der Waals surface area contributed by atoms with Crippen LogP contribution in [0.3, 0.4) is 0 Å². The monoisotopic (exact) mass is 249 g/mol. The first-order chi connectivity index (χ1) is 9.26. The lowest BCUT2D eigenvalue weighted by atomic mass is 10.1. The molecule has 0 saturated carbocycles. The van der Waals surface area contributed by atoms with Crippen molar-refractivity contribution in [3.05, 3.63) is 52.7 Å². The van der Waals surface area contributed by atoms with E-state index in [0.29, 0.717) is 11.4 Å². The van der Waals surface area contributed by atoms with Gasteiger partial charge in [-0.3, -0.25) is 0 Å². The van der Waals surface area contributed by atoms with E-state index in [1.54, 1.807) is 6.07 Å². The van der Waals surface area contributed by atoms with Crippen LogP contribution in [-0.2, 0) is 12.8 Å². The number of benzene rings is 1. The third kappa shape index (κ3) is 2.30. The van der Waals surface area contributed by atoms with Gasteiger partial charge in [0.15, 0.2) is 0 Å². The van der Waals surface area contributed by atoms with Gasteiger partial charge in [0.25, 0.3) is 0 Å². The number of pyridine rings is 1. The molecule has 0 radical (unpaired) electrons. The average Bonchev–Trinajstić information content (AvgIpc) is 2.86. The van der Waals surface area contributed by atoms with Crippen molar-refractivity contribution in [2.24, 2.45) is 0 Å². The van der Waals surface area contributed by atoms with E-state index in [0.717, 1.165) is 17.8 Å². The second-order valence-electron chi connectivity index (χ2n) is 4.92. The molecule has 3 nitrogen and oxygen atoms in total. The van der Waals surface area contributed by atoms with Crippen LogP contribution in [0.25, 0.3) is 0 Å². The van der Waals surface area contributed by atoms with Crippen LogP contribution >= 0.6 is 0 Å². The normalized spacial score (nSPS) is 12.8. The zero-order chi connectivity index (χ0) is 13.2. The lowest BCUT2D eigenvalue weighted by molar-refractivity contribution is 0.912. The highest BCUT2D eigenvalue weighted by Crippen LogP contribution is 2.27. The van der Waals surface area contributed by atoms with Crippen molar-refractivity contribution in [2.45, 2.75) is 26.2 Å². The Morgan fingerprint density at radius 3 is 2.84 bits per heavy atom. The van der Waals surface area contributed by atoms with Gasteiger partial charge in [0, 0.05) is 11.4 Å². The lowest BCUT2D eigenvalue weighted by Gasteiger charge is -2.09. The molecule has 3 rings (SSSR count). The molecule has 1 aromatic heterocycles. The predicted molar refractivity (Wildman–Crippen MR) is 75.4 cm³/mol. The van der Waals surface area contributed by atoms with Gasteiger partial charge < -0.3 is 5.32 Å². The Morgan fingerprint density at radius 2 is 2.00 bits per heavy atom. The predicted octanol–water partition coefficient (Wildman–Crippen LogP) is 3.49. The van der Waals surface area contributed by atoms with Crippen LogP contribution in [0.4, 0.5) is 11.5 Å². The van der Waals surface area contributed by atoms with E-state index in [1.165, 1.54) is 24.0 Å². The number of nitriles is 1. The second-order valence-corrected chi connectivity index (χ2v) is 4.92. The van der Waals surface area contributed by atoms with Crippen molar-refractivity contribution in [3.8, 4) is 6.07 Å². The highest BCUT2D eigenvalue weighted by atomic mass is 15.0. The molecule has 3 heteroatoms. The molecule has 2 aromatic rings. The van der Waals surface area contributed by atoms with E-state index in [4.69, 9.17) is 5.26 Å². The average molecular weight is 249 g/mol. The fourth-order valence-corrected chi connectivity index (χ4v) is 2.53. The summed E-state index contributed by atoms with van der Waals surface area (Å²) >= 11 is 0. The van der Waals surface area contributed by atoms with E-state index >= 15 is 0 Å². The number of aryl methyl sites for hydroxylation is 3. The molecule has 0 saturated heterocycles. The van der Waals surface area contributed by atoms with Gasteiger partial charge in [0.05, 0.1) is 5.56 Å². The molecule has 19 heavy (non-hydrogen) atoms. The molecule has 0 unspecified atom stereocenters. The van der Waals surface area contributed by atoms with Gasteiger partial charge in [-0.2, -0.15) is 5.26 Å². The van der Waals surface area contributed by atoms with Gasteiger partial charge in [-0.1, -0.05) is 6.07 Å². The standard InChI is InChI=1S/C16H15N3/c1-11-5-6-14(10-17)16(18-11)19-15-8-7-12-3-2-4-13(12)9-15/h5-9H,2-4H2,1H3,(H,18,19). The first kappa shape index (κ1) is 11.7. The maximum Gasteiger partial charge on any atom is 0.148 e. The lowest BCUT2D eigenvalue weighted by Crippen LogP contribution is -1.99. The third-order valence-corrected chi connectivity index (χ3v) is 3.52. The van der Waals surface area contributed by atoms with Crippen molar-refractivity contribution in [3.63, 3.8) is 0 Å². The Labute approximate surface area is 112 Å². The van der Waals surface area contributed by atoms with Gasteiger partial charge in [-0.25, -0.2) is 4.98 Å². The van der Waals surface area contributed by atoms with E-state index in [9.17, 15) is 0 Å². The van der Waals surface area contributed by atoms with Crippen molar-refractivity contribution in [2.75, 3.05) is 5.32 Å². The topological polar surface area (TPSA) is 48.7 Å². The Balaban J connectivity index is 1.93. The van der Waals surface area contributed by atoms with Crippen molar-refractivity contribution < 1.29 is 0 Å². The number of hydrogen-bond donors (Lipinski definition) is 1. The SMILES string of the molecule is Cc1ccc(C#N)c(Nc2ccc3c(c2)CCC3)n1. The van der Waals surface area contributed by atoms with Crippen LogP contribution in [0, 0.1) is 18.3 Å². The van der Waals surface area contributed by atoms with Gasteiger partial charge in [0.2, 0.25) is 0 Å². The van der Waals surface area contributed by atoms with E-state index < -0.39 is 0 Å². The van der Waals surface area contributed by atoms with Crippen LogP contribution in [0.15, 0.2) is 30.3 Å². The van der Waals surface area contributed by atoms with E-state index in [2.05, 4.69) is 34.6 Å². The number of nitrogens with one attached hydrogen (secondary N) is 1. The summed E-state index contributed by atoms with van der Waals surface area (Å²) in [5, 5.41) is 12.4. The van der Waals surface area contributed by atoms with Crippen molar-refractivity contribution in [1.29, 1.82) is 5.26 Å².